The van der Waals surface area contributed by atoms with Gasteiger partial charge >= 0.3 is 11.9 Å². The number of methoxy groups -OCH3 is 2. The molecule has 0 aromatic rings. The summed E-state index contributed by atoms with van der Waals surface area (Å²) < 4.78 is 9.65. The van der Waals surface area contributed by atoms with E-state index in [0.29, 0.717) is 39.3 Å². The van der Waals surface area contributed by atoms with Crippen molar-refractivity contribution in [1.29, 1.82) is 0 Å². The molecule has 186 valence electrons. The molecule has 12 nitrogen and oxygen atoms in total. The molecule has 2 bridgehead atoms. The van der Waals surface area contributed by atoms with Crippen LogP contribution in [0, 0.1) is 0 Å². The Bertz CT molecular complexity index is 474. The zero-order valence-electron chi connectivity index (χ0n) is 19.5. The Labute approximate surface area is 191 Å². The first-order chi connectivity index (χ1) is 15.5. The Hall–Kier alpha value is -1.38. The summed E-state index contributed by atoms with van der Waals surface area (Å²) in [5.74, 6) is -0.557. The summed E-state index contributed by atoms with van der Waals surface area (Å²) in [5, 5.41) is 28.0. The van der Waals surface area contributed by atoms with Gasteiger partial charge < -0.3 is 41.4 Å². The van der Waals surface area contributed by atoms with Gasteiger partial charge in [-0.1, -0.05) is 0 Å². The molecule has 32 heavy (non-hydrogen) atoms. The van der Waals surface area contributed by atoms with E-state index in [1.165, 1.54) is 14.2 Å². The molecule has 3 heterocycles. The number of hydrogen-bond acceptors (Lipinski definition) is 12. The van der Waals surface area contributed by atoms with Gasteiger partial charge in [-0.15, -0.1) is 0 Å². The summed E-state index contributed by atoms with van der Waals surface area (Å²) in [7, 11) is 2.81. The highest BCUT2D eigenvalue weighted by Gasteiger charge is 2.32. The lowest BCUT2D eigenvalue weighted by atomic mass is 9.97. The number of esters is 2. The first-order valence-electron chi connectivity index (χ1n) is 11.4. The molecule has 3 saturated heterocycles. The third-order valence-electron chi connectivity index (χ3n) is 5.89. The van der Waals surface area contributed by atoms with E-state index in [-0.39, 0.29) is 36.1 Å². The molecule has 0 aromatic carbocycles. The van der Waals surface area contributed by atoms with E-state index < -0.39 is 0 Å². The first kappa shape index (κ1) is 26.9. The molecule has 0 spiro atoms. The van der Waals surface area contributed by atoms with Crippen LogP contribution in [0.2, 0.25) is 0 Å². The molecule has 0 saturated carbocycles. The molecule has 0 unspecified atom stereocenters. The van der Waals surface area contributed by atoms with Crippen molar-refractivity contribution in [2.45, 2.75) is 11.1 Å². The fourth-order valence-electron chi connectivity index (χ4n) is 3.91. The second kappa shape index (κ2) is 14.7. The summed E-state index contributed by atoms with van der Waals surface area (Å²) in [5.41, 5.74) is -0.678. The molecule has 0 amide bonds. The quantitative estimate of drug-likeness (QED) is 0.182. The summed E-state index contributed by atoms with van der Waals surface area (Å²) in [4.78, 5) is 23.5. The van der Waals surface area contributed by atoms with Crippen LogP contribution in [0.25, 0.3) is 0 Å². The van der Waals surface area contributed by atoms with Crippen LogP contribution in [-0.2, 0) is 19.1 Å². The molecule has 0 radical (unpaired) electrons. The van der Waals surface area contributed by atoms with E-state index >= 15 is 0 Å². The first-order valence-corrected chi connectivity index (χ1v) is 11.4. The molecule has 8 N–H and O–H groups in total. The number of carbonyl (C=O) groups excluding carboxylic acids is 2. The molecule has 0 aromatic heterocycles. The van der Waals surface area contributed by atoms with Gasteiger partial charge in [0.05, 0.1) is 38.4 Å². The minimum Gasteiger partial charge on any atom is -0.468 e. The standard InChI is InChI=1S/C20H42N8O4/c1-31-17(29)9-27-19-11-21-3-6-24-14-20(28-10-18(30)32-2,15-25-7-4-22-12-19)16-26-8-5-23-13-19/h21-28H,3-16H2,1-2H3. The summed E-state index contributed by atoms with van der Waals surface area (Å²) in [6.07, 6.45) is 0. The van der Waals surface area contributed by atoms with Gasteiger partial charge in [0.15, 0.2) is 0 Å². The fourth-order valence-corrected chi connectivity index (χ4v) is 3.91. The van der Waals surface area contributed by atoms with Crippen LogP contribution in [0.5, 0.6) is 0 Å². The molecule has 12 heteroatoms. The van der Waals surface area contributed by atoms with E-state index in [4.69, 9.17) is 9.47 Å². The van der Waals surface area contributed by atoms with Gasteiger partial charge in [-0.3, -0.25) is 20.2 Å². The Kier molecular flexibility index (Phi) is 12.3. The SMILES string of the molecule is COC(=O)CNC12CNCCNCC(NCC(=O)OC)(CNCCNC1)CNCCNC2. The summed E-state index contributed by atoms with van der Waals surface area (Å²) in [6, 6.07) is 0. The number of ether oxygens (including phenoxy) is 2. The third kappa shape index (κ3) is 9.63. The predicted molar refractivity (Wildman–Crippen MR) is 123 cm³/mol. The highest BCUT2D eigenvalue weighted by atomic mass is 16.5. The van der Waals surface area contributed by atoms with Crippen LogP contribution < -0.4 is 42.5 Å². The lowest BCUT2D eigenvalue weighted by molar-refractivity contribution is -0.140. The fraction of sp³-hybridized carbons (Fsp3) is 0.900. The third-order valence-corrected chi connectivity index (χ3v) is 5.89. The molecular formula is C20H42N8O4. The second-order valence-corrected chi connectivity index (χ2v) is 8.48. The van der Waals surface area contributed by atoms with E-state index in [1.807, 2.05) is 0 Å². The van der Waals surface area contributed by atoms with Gasteiger partial charge in [0, 0.05) is 78.5 Å². The van der Waals surface area contributed by atoms with Gasteiger partial charge in [-0.2, -0.15) is 0 Å². The van der Waals surface area contributed by atoms with Gasteiger partial charge in [-0.25, -0.2) is 0 Å². The zero-order valence-corrected chi connectivity index (χ0v) is 19.5. The maximum atomic E-state index is 11.8. The average Bonchev–Trinajstić information content (AvgIpc) is 2.81. The van der Waals surface area contributed by atoms with E-state index in [2.05, 4.69) is 42.5 Å². The van der Waals surface area contributed by atoms with Crippen molar-refractivity contribution in [2.24, 2.45) is 0 Å². The van der Waals surface area contributed by atoms with Crippen molar-refractivity contribution in [3.8, 4) is 0 Å². The molecule has 3 rings (SSSR count). The molecule has 3 aliphatic rings. The Morgan fingerprint density at radius 1 is 0.594 bits per heavy atom. The van der Waals surface area contributed by atoms with E-state index in [0.717, 1.165) is 39.3 Å². The second-order valence-electron chi connectivity index (χ2n) is 8.48. The van der Waals surface area contributed by atoms with Gasteiger partial charge in [0.1, 0.15) is 0 Å². The lowest BCUT2D eigenvalue weighted by Gasteiger charge is -2.38. The minimum atomic E-state index is -0.339. The van der Waals surface area contributed by atoms with Crippen molar-refractivity contribution in [3.63, 3.8) is 0 Å². The summed E-state index contributed by atoms with van der Waals surface area (Å²) >= 11 is 0. The zero-order chi connectivity index (χ0) is 23.1. The highest BCUT2D eigenvalue weighted by Crippen LogP contribution is 2.05. The Morgan fingerprint density at radius 3 is 1.06 bits per heavy atom. The Balaban J connectivity index is 2.12. The highest BCUT2D eigenvalue weighted by molar-refractivity contribution is 5.71. The average molecular weight is 459 g/mol. The van der Waals surface area contributed by atoms with Crippen molar-refractivity contribution < 1.29 is 19.1 Å². The normalized spacial score (nSPS) is 28.9. The number of nitrogens with one attached hydrogen (secondary N) is 8. The Morgan fingerprint density at radius 2 is 0.844 bits per heavy atom. The lowest BCUT2D eigenvalue weighted by Crippen LogP contribution is -2.67. The number of rotatable bonds is 6. The van der Waals surface area contributed by atoms with Crippen LogP contribution in [0.1, 0.15) is 0 Å². The maximum absolute atomic E-state index is 11.8. The van der Waals surface area contributed by atoms with Crippen LogP contribution in [-0.4, -0.2) is 129 Å². The number of hydrogen-bond donors (Lipinski definition) is 8. The molecule has 0 atom stereocenters. The predicted octanol–water partition coefficient (Wildman–Crippen LogP) is -4.45. The monoisotopic (exact) mass is 458 g/mol. The minimum absolute atomic E-state index is 0.157. The van der Waals surface area contributed by atoms with Crippen molar-refractivity contribution in [1.82, 2.24) is 42.5 Å². The summed E-state index contributed by atoms with van der Waals surface area (Å²) in [6.45, 7) is 9.11. The van der Waals surface area contributed by atoms with Gasteiger partial charge in [0.25, 0.3) is 0 Å². The van der Waals surface area contributed by atoms with Crippen LogP contribution in [0.4, 0.5) is 0 Å². The van der Waals surface area contributed by atoms with Gasteiger partial charge in [-0.05, 0) is 0 Å². The van der Waals surface area contributed by atoms with Crippen LogP contribution in [0.3, 0.4) is 0 Å². The van der Waals surface area contributed by atoms with Crippen LogP contribution >= 0.6 is 0 Å². The molecule has 3 fully saturated rings. The number of fused-ring (bicyclic) bond motifs is 15. The van der Waals surface area contributed by atoms with Crippen molar-refractivity contribution in [3.05, 3.63) is 0 Å². The van der Waals surface area contributed by atoms with E-state index in [9.17, 15) is 9.59 Å². The number of carbonyl (C=O) groups is 2. The van der Waals surface area contributed by atoms with Crippen molar-refractivity contribution >= 4 is 11.9 Å². The molecule has 3 aliphatic heterocycles. The van der Waals surface area contributed by atoms with E-state index in [1.54, 1.807) is 0 Å². The van der Waals surface area contributed by atoms with Crippen molar-refractivity contribution in [2.75, 3.05) is 106 Å². The molecule has 0 aliphatic carbocycles. The molecular weight excluding hydrogens is 416 g/mol. The maximum Gasteiger partial charge on any atom is 0.319 e. The van der Waals surface area contributed by atoms with Crippen LogP contribution in [0.15, 0.2) is 0 Å². The topological polar surface area (TPSA) is 149 Å². The van der Waals surface area contributed by atoms with Gasteiger partial charge in [0.2, 0.25) is 0 Å². The largest absolute Gasteiger partial charge is 0.468 e. The smallest absolute Gasteiger partial charge is 0.319 e.